The maximum Gasteiger partial charge on any atom is 0.288 e. The van der Waals surface area contributed by atoms with Crippen LogP contribution in [0.3, 0.4) is 0 Å². The third-order valence-electron chi connectivity index (χ3n) is 1.32. The molecule has 0 fully saturated rings. The Hall–Kier alpha value is -2.51. The van der Waals surface area contributed by atoms with Crippen LogP contribution in [0, 0.1) is 0 Å². The summed E-state index contributed by atoms with van der Waals surface area (Å²) in [4.78, 5) is 32.2. The molecule has 82 valence electrons. The van der Waals surface area contributed by atoms with E-state index in [4.69, 9.17) is 0 Å². The zero-order chi connectivity index (χ0) is 11.6. The summed E-state index contributed by atoms with van der Waals surface area (Å²) >= 11 is 0. The first-order valence-electron chi connectivity index (χ1n) is 4.23. The van der Waals surface area contributed by atoms with Gasteiger partial charge in [-0.15, -0.1) is 0 Å². The molecule has 0 aliphatic carbocycles. The summed E-state index contributed by atoms with van der Waals surface area (Å²) in [5.74, 6) is -0.167. The molecule has 2 aromatic rings. The Morgan fingerprint density at radius 1 is 0.938 bits per heavy atom. The topological polar surface area (TPSA) is 106 Å². The van der Waals surface area contributed by atoms with Gasteiger partial charge in [-0.1, -0.05) is 0 Å². The summed E-state index contributed by atoms with van der Waals surface area (Å²) in [7, 11) is 1.52. The number of rotatable bonds is 1. The Kier molecular flexibility index (Phi) is 4.97. The van der Waals surface area contributed by atoms with Gasteiger partial charge in [0, 0.05) is 7.05 Å². The van der Waals surface area contributed by atoms with E-state index in [0.29, 0.717) is 0 Å². The van der Waals surface area contributed by atoms with Crippen molar-refractivity contribution < 1.29 is 4.79 Å². The molecule has 0 radical (unpaired) electrons. The van der Waals surface area contributed by atoms with Crippen LogP contribution in [0.4, 0.5) is 0 Å². The molecular formula is C8H9N7O. The Morgan fingerprint density at radius 2 is 1.38 bits per heavy atom. The van der Waals surface area contributed by atoms with Crippen molar-refractivity contribution in [3.8, 4) is 0 Å². The summed E-state index contributed by atoms with van der Waals surface area (Å²) in [6, 6.07) is 0. The van der Waals surface area contributed by atoms with E-state index in [0.717, 1.165) is 0 Å². The molecule has 0 atom stereocenters. The number of hydrogen-bond donors (Lipinski definition) is 1. The highest BCUT2D eigenvalue weighted by atomic mass is 16.2. The lowest BCUT2D eigenvalue weighted by Crippen LogP contribution is -2.20. The van der Waals surface area contributed by atoms with Crippen LogP contribution in [0.2, 0.25) is 0 Å². The average Bonchev–Trinajstić information content (AvgIpc) is 2.41. The van der Waals surface area contributed by atoms with Gasteiger partial charge >= 0.3 is 0 Å². The molecule has 0 saturated heterocycles. The fourth-order valence-electron chi connectivity index (χ4n) is 0.673. The first-order valence-corrected chi connectivity index (χ1v) is 4.23. The largest absolute Gasteiger partial charge is 0.352 e. The molecule has 0 aliphatic heterocycles. The van der Waals surface area contributed by atoms with E-state index in [2.05, 4.69) is 35.2 Å². The minimum Gasteiger partial charge on any atom is -0.352 e. The summed E-state index contributed by atoms with van der Waals surface area (Å²) < 4.78 is 0. The lowest BCUT2D eigenvalue weighted by Gasteiger charge is -1.93. The van der Waals surface area contributed by atoms with Gasteiger partial charge in [0.15, 0.2) is 0 Å². The summed E-state index contributed by atoms with van der Waals surface area (Å²) in [5, 5.41) is 2.39. The average molecular weight is 219 g/mol. The van der Waals surface area contributed by atoms with Crippen molar-refractivity contribution in [1.82, 2.24) is 35.2 Å². The van der Waals surface area contributed by atoms with Crippen LogP contribution >= 0.6 is 0 Å². The second kappa shape index (κ2) is 6.87. The highest BCUT2D eigenvalue weighted by molar-refractivity contribution is 5.89. The number of nitrogens with zero attached hydrogens (tertiary/aromatic N) is 6. The van der Waals surface area contributed by atoms with Crippen molar-refractivity contribution in [2.75, 3.05) is 7.05 Å². The zero-order valence-electron chi connectivity index (χ0n) is 8.48. The van der Waals surface area contributed by atoms with Crippen molar-refractivity contribution in [3.05, 3.63) is 37.5 Å². The highest BCUT2D eigenvalue weighted by Gasteiger charge is 2.02. The molecule has 0 aromatic carbocycles. The zero-order valence-corrected chi connectivity index (χ0v) is 8.48. The van der Waals surface area contributed by atoms with Crippen molar-refractivity contribution in [1.29, 1.82) is 0 Å². The second-order valence-electron chi connectivity index (χ2n) is 2.33. The number of amides is 1. The molecule has 1 amide bonds. The van der Waals surface area contributed by atoms with Crippen molar-refractivity contribution in [2.45, 2.75) is 0 Å². The third-order valence-corrected chi connectivity index (χ3v) is 1.32. The first-order chi connectivity index (χ1) is 7.84. The summed E-state index contributed by atoms with van der Waals surface area (Å²) in [5.41, 5.74) is 0. The monoisotopic (exact) mass is 219 g/mol. The highest BCUT2D eigenvalue weighted by Crippen LogP contribution is 1.81. The van der Waals surface area contributed by atoms with Gasteiger partial charge in [-0.2, -0.15) is 0 Å². The van der Waals surface area contributed by atoms with Crippen molar-refractivity contribution in [2.24, 2.45) is 0 Å². The van der Waals surface area contributed by atoms with Gasteiger partial charge < -0.3 is 5.32 Å². The van der Waals surface area contributed by atoms with E-state index in [9.17, 15) is 4.79 Å². The standard InChI is InChI=1S/C5H6N4O.C3H3N3/c1-6-5(10)4-8-2-7-3-9-4;1-4-2-6-3-5-1/h2-3H,1H3,(H,6,10);1-3H. The van der Waals surface area contributed by atoms with Crippen LogP contribution in [-0.4, -0.2) is 42.9 Å². The summed E-state index contributed by atoms with van der Waals surface area (Å²) in [6.45, 7) is 0. The molecule has 0 aliphatic rings. The molecule has 2 heterocycles. The molecule has 0 saturated carbocycles. The second-order valence-corrected chi connectivity index (χ2v) is 2.33. The number of carbonyl (C=O) groups is 1. The lowest BCUT2D eigenvalue weighted by atomic mass is 10.6. The first kappa shape index (κ1) is 11.6. The smallest absolute Gasteiger partial charge is 0.288 e. The van der Waals surface area contributed by atoms with Crippen LogP contribution in [-0.2, 0) is 0 Å². The Labute approximate surface area is 91.3 Å². The normalized spacial score (nSPS) is 8.56. The Morgan fingerprint density at radius 3 is 1.75 bits per heavy atom. The molecular weight excluding hydrogens is 210 g/mol. The van der Waals surface area contributed by atoms with Crippen LogP contribution in [0.1, 0.15) is 10.6 Å². The predicted molar refractivity (Wildman–Crippen MR) is 53.0 cm³/mol. The third kappa shape index (κ3) is 4.13. The quantitative estimate of drug-likeness (QED) is 0.662. The molecule has 1 N–H and O–H groups in total. The fraction of sp³-hybridized carbons (Fsp3) is 0.125. The fourth-order valence-corrected chi connectivity index (χ4v) is 0.673. The minimum absolute atomic E-state index is 0.137. The SMILES string of the molecule is CNC(=O)c1ncncn1.c1ncncn1. The molecule has 8 heteroatoms. The van der Waals surface area contributed by atoms with Crippen molar-refractivity contribution in [3.63, 3.8) is 0 Å². The van der Waals surface area contributed by atoms with E-state index in [1.807, 2.05) is 0 Å². The Bertz CT molecular complexity index is 381. The number of aromatic nitrogens is 6. The van der Waals surface area contributed by atoms with Crippen LogP contribution < -0.4 is 5.32 Å². The molecule has 0 unspecified atom stereocenters. The number of nitrogens with one attached hydrogen (secondary N) is 1. The van der Waals surface area contributed by atoms with Gasteiger partial charge in [-0.05, 0) is 0 Å². The summed E-state index contributed by atoms with van der Waals surface area (Å²) in [6.07, 6.45) is 6.86. The van der Waals surface area contributed by atoms with Gasteiger partial charge in [-0.25, -0.2) is 29.9 Å². The van der Waals surface area contributed by atoms with Gasteiger partial charge in [0.1, 0.15) is 31.6 Å². The maximum atomic E-state index is 10.7. The number of carbonyl (C=O) groups excluding carboxylic acids is 1. The van der Waals surface area contributed by atoms with Gasteiger partial charge in [0.2, 0.25) is 5.82 Å². The predicted octanol–water partition coefficient (Wildman–Crippen LogP) is -0.897. The van der Waals surface area contributed by atoms with E-state index >= 15 is 0 Å². The van der Waals surface area contributed by atoms with E-state index in [1.54, 1.807) is 0 Å². The van der Waals surface area contributed by atoms with Gasteiger partial charge in [0.05, 0.1) is 0 Å². The van der Waals surface area contributed by atoms with E-state index in [-0.39, 0.29) is 11.7 Å². The molecule has 0 bridgehead atoms. The van der Waals surface area contributed by atoms with Crippen LogP contribution in [0.25, 0.3) is 0 Å². The van der Waals surface area contributed by atoms with E-state index in [1.165, 1.54) is 38.7 Å². The molecule has 8 nitrogen and oxygen atoms in total. The molecule has 2 rings (SSSR count). The number of hydrogen-bond acceptors (Lipinski definition) is 7. The molecule has 16 heavy (non-hydrogen) atoms. The minimum atomic E-state index is -0.303. The Balaban J connectivity index is 0.000000181. The van der Waals surface area contributed by atoms with Crippen LogP contribution in [0.15, 0.2) is 31.6 Å². The maximum absolute atomic E-state index is 10.7. The van der Waals surface area contributed by atoms with Crippen molar-refractivity contribution >= 4 is 5.91 Å². The van der Waals surface area contributed by atoms with Crippen LogP contribution in [0.5, 0.6) is 0 Å². The van der Waals surface area contributed by atoms with Gasteiger partial charge in [0.25, 0.3) is 5.91 Å². The molecule has 0 spiro atoms. The van der Waals surface area contributed by atoms with E-state index < -0.39 is 0 Å². The lowest BCUT2D eigenvalue weighted by molar-refractivity contribution is 0.0952. The van der Waals surface area contributed by atoms with Gasteiger partial charge in [-0.3, -0.25) is 4.79 Å². The molecule has 2 aromatic heterocycles.